The van der Waals surface area contributed by atoms with E-state index in [2.05, 4.69) is 23.5 Å². The van der Waals surface area contributed by atoms with E-state index in [9.17, 15) is 9.90 Å². The summed E-state index contributed by atoms with van der Waals surface area (Å²) >= 11 is 18.8. The molecule has 1 aliphatic rings. The van der Waals surface area contributed by atoms with Gasteiger partial charge in [-0.05, 0) is 52.1 Å². The number of nitrogens with one attached hydrogen (secondary N) is 1. The zero-order valence-electron chi connectivity index (χ0n) is 22.6. The van der Waals surface area contributed by atoms with E-state index in [1.54, 1.807) is 11.8 Å². The van der Waals surface area contributed by atoms with E-state index in [0.717, 1.165) is 45.6 Å². The molecule has 1 aliphatic heterocycles. The first-order chi connectivity index (χ1) is 20.3. The summed E-state index contributed by atoms with van der Waals surface area (Å²) in [6, 6.07) is 34.1. The van der Waals surface area contributed by atoms with E-state index in [0.29, 0.717) is 0 Å². The van der Waals surface area contributed by atoms with Crippen LogP contribution in [0.5, 0.6) is 0 Å². The van der Waals surface area contributed by atoms with Crippen LogP contribution in [0.2, 0.25) is 0 Å². The van der Waals surface area contributed by atoms with Crippen LogP contribution in [-0.4, -0.2) is 26.7 Å². The molecular formula is C33H30Cl3NO4S. The Bertz CT molecular complexity index is 1480. The molecule has 2 N–H and O–H groups in total. The predicted molar refractivity (Wildman–Crippen MR) is 170 cm³/mol. The first-order valence-electron chi connectivity index (χ1n) is 13.5. The second kappa shape index (κ2) is 14.3. The van der Waals surface area contributed by atoms with Crippen molar-refractivity contribution in [2.24, 2.45) is 0 Å². The number of amides is 1. The van der Waals surface area contributed by atoms with Gasteiger partial charge in [-0.2, -0.15) is 0 Å². The van der Waals surface area contributed by atoms with Gasteiger partial charge in [0.05, 0.1) is 18.8 Å². The number of ether oxygens (including phenoxy) is 2. The van der Waals surface area contributed by atoms with Crippen LogP contribution in [0.1, 0.15) is 41.1 Å². The third-order valence-electron chi connectivity index (χ3n) is 6.92. The molecule has 0 aromatic heterocycles. The van der Waals surface area contributed by atoms with Crippen molar-refractivity contribution < 1.29 is 19.4 Å². The van der Waals surface area contributed by atoms with Gasteiger partial charge in [0, 0.05) is 29.2 Å². The van der Waals surface area contributed by atoms with Crippen molar-refractivity contribution in [1.29, 1.82) is 0 Å². The highest BCUT2D eigenvalue weighted by atomic mass is 35.6. The molecule has 0 aliphatic carbocycles. The normalized spacial score (nSPS) is 18.9. The van der Waals surface area contributed by atoms with Crippen LogP contribution in [0.25, 0.3) is 11.1 Å². The average molecular weight is 643 g/mol. The molecule has 218 valence electrons. The van der Waals surface area contributed by atoms with Gasteiger partial charge in [-0.3, -0.25) is 4.79 Å². The minimum Gasteiger partial charge on any atom is -0.392 e. The summed E-state index contributed by atoms with van der Waals surface area (Å²) in [5.41, 5.74) is 5.65. The quantitative estimate of drug-likeness (QED) is 0.142. The van der Waals surface area contributed by atoms with Gasteiger partial charge in [-0.25, -0.2) is 0 Å². The van der Waals surface area contributed by atoms with Crippen LogP contribution in [0.4, 0.5) is 0 Å². The van der Waals surface area contributed by atoms with Crippen molar-refractivity contribution in [2.45, 2.75) is 46.8 Å². The van der Waals surface area contributed by atoms with Crippen molar-refractivity contribution in [3.8, 4) is 11.1 Å². The van der Waals surface area contributed by atoms with Crippen molar-refractivity contribution in [1.82, 2.24) is 5.32 Å². The van der Waals surface area contributed by atoms with Gasteiger partial charge in [0.1, 0.15) is 0 Å². The smallest absolute Gasteiger partial charge is 0.272 e. The number of carbonyl (C=O) groups excluding carboxylic acids is 1. The van der Waals surface area contributed by atoms with Crippen molar-refractivity contribution in [3.05, 3.63) is 125 Å². The molecule has 0 saturated carbocycles. The third-order valence-corrected chi connectivity index (χ3v) is 8.58. The molecule has 5 rings (SSSR count). The zero-order chi connectivity index (χ0) is 29.5. The van der Waals surface area contributed by atoms with Gasteiger partial charge in [-0.15, -0.1) is 11.8 Å². The maximum atomic E-state index is 12.0. The minimum absolute atomic E-state index is 0.00114. The largest absolute Gasteiger partial charge is 0.392 e. The van der Waals surface area contributed by atoms with Gasteiger partial charge >= 0.3 is 0 Å². The van der Waals surface area contributed by atoms with E-state index < -0.39 is 16.0 Å². The van der Waals surface area contributed by atoms with Crippen LogP contribution in [0.15, 0.2) is 108 Å². The van der Waals surface area contributed by atoms with Crippen molar-refractivity contribution in [2.75, 3.05) is 5.75 Å². The number of aliphatic hydroxyl groups is 1. The van der Waals surface area contributed by atoms with E-state index in [1.807, 2.05) is 84.9 Å². The van der Waals surface area contributed by atoms with E-state index in [1.165, 1.54) is 4.90 Å². The standard InChI is InChI=1S/C33H30Cl3NO4S/c34-33(35,36)32(39)37-19-23-6-4-7-25(16-23)26-8-5-9-27(17-26)31-40-28(21-42-29-10-2-1-3-11-29)18-30(41-31)24-14-12-22(20-38)13-15-24/h1-17,28,30-31,38H,18-21H2,(H,37,39)/t28-,30+,31+/m0/s1. The first-order valence-corrected chi connectivity index (χ1v) is 15.6. The molecule has 0 radical (unpaired) electrons. The topological polar surface area (TPSA) is 67.8 Å². The number of rotatable bonds is 9. The monoisotopic (exact) mass is 641 g/mol. The number of carbonyl (C=O) groups is 1. The van der Waals surface area contributed by atoms with Crippen molar-refractivity contribution in [3.63, 3.8) is 0 Å². The lowest BCUT2D eigenvalue weighted by Gasteiger charge is -2.36. The molecule has 1 heterocycles. The predicted octanol–water partition coefficient (Wildman–Crippen LogP) is 8.17. The lowest BCUT2D eigenvalue weighted by Crippen LogP contribution is -2.33. The molecule has 0 bridgehead atoms. The highest BCUT2D eigenvalue weighted by molar-refractivity contribution is 7.99. The Balaban J connectivity index is 1.36. The summed E-state index contributed by atoms with van der Waals surface area (Å²) in [5, 5.41) is 12.1. The molecule has 5 nitrogen and oxygen atoms in total. The van der Waals surface area contributed by atoms with Crippen LogP contribution in [-0.2, 0) is 27.4 Å². The molecule has 0 spiro atoms. The fourth-order valence-electron chi connectivity index (χ4n) is 4.74. The molecule has 0 unspecified atom stereocenters. The molecular weight excluding hydrogens is 613 g/mol. The third kappa shape index (κ3) is 8.29. The molecule has 1 fully saturated rings. The zero-order valence-corrected chi connectivity index (χ0v) is 25.7. The summed E-state index contributed by atoms with van der Waals surface area (Å²) in [5.74, 6) is 0.114. The maximum absolute atomic E-state index is 12.0. The SMILES string of the molecule is O=C(NCc1cccc(-c2cccc([C@@H]3O[C@H](CSc4ccccc4)C[C@H](c4ccc(CO)cc4)O3)c2)c1)C(Cl)(Cl)Cl. The second-order valence-electron chi connectivity index (χ2n) is 9.98. The van der Waals surface area contributed by atoms with Crippen LogP contribution in [0, 0.1) is 0 Å². The summed E-state index contributed by atoms with van der Waals surface area (Å²) in [6.07, 6.45) is -0.0399. The highest BCUT2D eigenvalue weighted by Crippen LogP contribution is 2.40. The summed E-state index contributed by atoms with van der Waals surface area (Å²) in [4.78, 5) is 13.2. The Morgan fingerprint density at radius 2 is 1.55 bits per heavy atom. The van der Waals surface area contributed by atoms with Gasteiger partial charge in [0.2, 0.25) is 0 Å². The first kappa shape index (κ1) is 30.9. The fraction of sp³-hybridized carbons (Fsp3) is 0.242. The molecule has 4 aromatic rings. The number of aliphatic hydroxyl groups excluding tert-OH is 1. The van der Waals surface area contributed by atoms with Crippen LogP contribution < -0.4 is 5.32 Å². The highest BCUT2D eigenvalue weighted by Gasteiger charge is 2.32. The lowest BCUT2D eigenvalue weighted by atomic mass is 9.99. The van der Waals surface area contributed by atoms with Crippen LogP contribution in [0.3, 0.4) is 0 Å². The molecule has 4 aromatic carbocycles. The van der Waals surface area contributed by atoms with Crippen molar-refractivity contribution >= 4 is 52.5 Å². The van der Waals surface area contributed by atoms with Gasteiger partial charge in [-0.1, -0.05) is 114 Å². The summed E-state index contributed by atoms with van der Waals surface area (Å²) in [7, 11) is 0. The molecule has 1 saturated heterocycles. The van der Waals surface area contributed by atoms with Gasteiger partial charge < -0.3 is 19.9 Å². The summed E-state index contributed by atoms with van der Waals surface area (Å²) in [6.45, 7) is 0.230. The molecule has 42 heavy (non-hydrogen) atoms. The maximum Gasteiger partial charge on any atom is 0.272 e. The molecule has 9 heteroatoms. The van der Waals surface area contributed by atoms with Crippen LogP contribution >= 0.6 is 46.6 Å². The minimum atomic E-state index is -2.01. The fourth-order valence-corrected chi connectivity index (χ4v) is 5.88. The number of halogens is 3. The van der Waals surface area contributed by atoms with E-state index in [-0.39, 0.29) is 25.4 Å². The molecule has 1 amide bonds. The van der Waals surface area contributed by atoms with Gasteiger partial charge in [0.25, 0.3) is 9.70 Å². The van der Waals surface area contributed by atoms with E-state index >= 15 is 0 Å². The Morgan fingerprint density at radius 3 is 2.26 bits per heavy atom. The summed E-state index contributed by atoms with van der Waals surface area (Å²) < 4.78 is 11.1. The van der Waals surface area contributed by atoms with Gasteiger partial charge in [0.15, 0.2) is 6.29 Å². The second-order valence-corrected chi connectivity index (χ2v) is 13.4. The average Bonchev–Trinajstić information content (AvgIpc) is 3.03. The number of alkyl halides is 3. The van der Waals surface area contributed by atoms with E-state index in [4.69, 9.17) is 44.3 Å². The Labute approximate surface area is 265 Å². The number of benzene rings is 4. The Kier molecular flexibility index (Phi) is 10.5. The Hall–Kier alpha value is -2.55. The number of hydrogen-bond donors (Lipinski definition) is 2. The number of thioether (sulfide) groups is 1. The lowest BCUT2D eigenvalue weighted by molar-refractivity contribution is -0.245. The molecule has 3 atom stereocenters. The number of hydrogen-bond acceptors (Lipinski definition) is 5. The Morgan fingerprint density at radius 1 is 0.833 bits per heavy atom.